The highest BCUT2D eigenvalue weighted by Gasteiger charge is 2.22. The molecular formula is C28H23NO5S2. The van der Waals surface area contributed by atoms with Gasteiger partial charge in [-0.2, -0.15) is 8.42 Å². The standard InChI is InChI=1S/C28H23NO5S2/c1-20-15-17-23(18-16-20)36(32,33)34-27-13-5-12-26-25(27)11-6-14-28(26)35(30,31)29-19-22-9-4-8-21-7-2-3-10-24(21)22/h2-18,29H,19H2,1H3. The number of aryl methyl sites for hydroxylation is 1. The molecule has 36 heavy (non-hydrogen) atoms. The highest BCUT2D eigenvalue weighted by Crippen LogP contribution is 2.32. The minimum atomic E-state index is -4.10. The molecule has 8 heteroatoms. The number of benzene rings is 5. The molecule has 0 aliphatic rings. The quantitative estimate of drug-likeness (QED) is 0.286. The molecular weight excluding hydrogens is 494 g/mol. The van der Waals surface area contributed by atoms with Gasteiger partial charge in [-0.15, -0.1) is 0 Å². The second-order valence-electron chi connectivity index (χ2n) is 8.42. The Morgan fingerprint density at radius 1 is 0.667 bits per heavy atom. The van der Waals surface area contributed by atoms with E-state index in [9.17, 15) is 16.8 Å². The Morgan fingerprint density at radius 2 is 1.31 bits per heavy atom. The summed E-state index contributed by atoms with van der Waals surface area (Å²) in [6.45, 7) is 1.97. The molecule has 0 saturated carbocycles. The molecule has 0 aromatic heterocycles. The summed E-state index contributed by atoms with van der Waals surface area (Å²) in [7, 11) is -8.03. The Morgan fingerprint density at radius 3 is 2.11 bits per heavy atom. The van der Waals surface area contributed by atoms with Gasteiger partial charge in [0.2, 0.25) is 10.0 Å². The molecule has 5 aromatic carbocycles. The van der Waals surface area contributed by atoms with Crippen LogP contribution in [0.3, 0.4) is 0 Å². The lowest BCUT2D eigenvalue weighted by Gasteiger charge is -2.13. The van der Waals surface area contributed by atoms with Crippen LogP contribution in [0.5, 0.6) is 5.75 Å². The highest BCUT2D eigenvalue weighted by atomic mass is 32.2. The van der Waals surface area contributed by atoms with Crippen LogP contribution in [0, 0.1) is 6.92 Å². The third kappa shape index (κ3) is 4.70. The van der Waals surface area contributed by atoms with E-state index < -0.39 is 20.1 Å². The smallest absolute Gasteiger partial charge is 0.339 e. The molecule has 5 aromatic rings. The van der Waals surface area contributed by atoms with Crippen molar-refractivity contribution >= 4 is 41.7 Å². The van der Waals surface area contributed by atoms with Gasteiger partial charge in [0, 0.05) is 17.3 Å². The van der Waals surface area contributed by atoms with E-state index in [-0.39, 0.29) is 22.1 Å². The fraction of sp³-hybridized carbons (Fsp3) is 0.0714. The second-order valence-corrected chi connectivity index (χ2v) is 11.7. The molecule has 0 amide bonds. The lowest BCUT2D eigenvalue weighted by Crippen LogP contribution is -2.23. The van der Waals surface area contributed by atoms with Crippen LogP contribution < -0.4 is 8.91 Å². The van der Waals surface area contributed by atoms with Crippen molar-refractivity contribution in [3.8, 4) is 5.75 Å². The third-order valence-electron chi connectivity index (χ3n) is 5.97. The second kappa shape index (κ2) is 9.39. The van der Waals surface area contributed by atoms with Gasteiger partial charge in [-0.1, -0.05) is 84.4 Å². The van der Waals surface area contributed by atoms with E-state index in [0.29, 0.717) is 10.8 Å². The summed E-state index contributed by atoms with van der Waals surface area (Å²) in [5.74, 6) is 0.0548. The van der Waals surface area contributed by atoms with Gasteiger partial charge in [0.25, 0.3) is 0 Å². The number of nitrogens with one attached hydrogen (secondary N) is 1. The minimum Gasteiger partial charge on any atom is -0.378 e. The molecule has 1 N–H and O–H groups in total. The monoisotopic (exact) mass is 517 g/mol. The molecule has 0 aliphatic carbocycles. The normalized spacial score (nSPS) is 12.1. The van der Waals surface area contributed by atoms with E-state index in [4.69, 9.17) is 4.18 Å². The number of rotatable bonds is 7. The lowest BCUT2D eigenvalue weighted by molar-refractivity contribution is 0.488. The molecule has 0 radical (unpaired) electrons. The maximum Gasteiger partial charge on any atom is 0.339 e. The summed E-state index contributed by atoms with van der Waals surface area (Å²) in [5.41, 5.74) is 1.77. The summed E-state index contributed by atoms with van der Waals surface area (Å²) in [4.78, 5) is 0.0593. The Labute approximate surface area is 210 Å². The van der Waals surface area contributed by atoms with Gasteiger partial charge < -0.3 is 4.18 Å². The van der Waals surface area contributed by atoms with E-state index in [1.165, 1.54) is 24.3 Å². The van der Waals surface area contributed by atoms with Gasteiger partial charge in [0.15, 0.2) is 5.75 Å². The molecule has 0 saturated heterocycles. The largest absolute Gasteiger partial charge is 0.378 e. The van der Waals surface area contributed by atoms with Crippen LogP contribution in [0.1, 0.15) is 11.1 Å². The maximum atomic E-state index is 13.3. The average Bonchev–Trinajstić information content (AvgIpc) is 2.87. The summed E-state index contributed by atoms with van der Waals surface area (Å²) < 4.78 is 60.5. The first kappa shape index (κ1) is 24.0. The first-order valence-electron chi connectivity index (χ1n) is 11.2. The first-order valence-corrected chi connectivity index (χ1v) is 14.1. The molecule has 0 heterocycles. The number of hydrogen-bond donors (Lipinski definition) is 1. The third-order valence-corrected chi connectivity index (χ3v) is 8.68. The fourth-order valence-electron chi connectivity index (χ4n) is 4.13. The molecule has 182 valence electrons. The Bertz CT molecular complexity index is 1790. The minimum absolute atomic E-state index is 0.0191. The van der Waals surface area contributed by atoms with E-state index >= 15 is 0 Å². The van der Waals surface area contributed by atoms with E-state index in [2.05, 4.69) is 4.72 Å². The predicted molar refractivity (Wildman–Crippen MR) is 141 cm³/mol. The van der Waals surface area contributed by atoms with Gasteiger partial charge in [0.1, 0.15) is 4.90 Å². The first-order chi connectivity index (χ1) is 17.2. The van der Waals surface area contributed by atoms with Crippen LogP contribution in [-0.4, -0.2) is 16.8 Å². The number of hydrogen-bond acceptors (Lipinski definition) is 5. The van der Waals surface area contributed by atoms with E-state index in [0.717, 1.165) is 21.9 Å². The Balaban J connectivity index is 1.48. The SMILES string of the molecule is Cc1ccc(S(=O)(=O)Oc2cccc3c(S(=O)(=O)NCc4cccc5ccccc45)cccc23)cc1. The molecule has 0 unspecified atom stereocenters. The summed E-state index contributed by atoms with van der Waals surface area (Å²) in [6, 6.07) is 29.3. The number of fused-ring (bicyclic) bond motifs is 2. The lowest BCUT2D eigenvalue weighted by atomic mass is 10.1. The summed E-state index contributed by atoms with van der Waals surface area (Å²) in [5, 5.41) is 2.73. The van der Waals surface area contributed by atoms with E-state index in [1.807, 2.05) is 49.4 Å². The number of sulfonamides is 1. The van der Waals surface area contributed by atoms with Crippen LogP contribution in [-0.2, 0) is 26.7 Å². The zero-order valence-corrected chi connectivity index (χ0v) is 21.0. The molecule has 0 bridgehead atoms. The van der Waals surface area contributed by atoms with Crippen molar-refractivity contribution in [3.63, 3.8) is 0 Å². The molecule has 0 fully saturated rings. The Kier molecular flexibility index (Phi) is 6.26. The fourth-order valence-corrected chi connectivity index (χ4v) is 6.30. The van der Waals surface area contributed by atoms with Crippen molar-refractivity contribution in [1.82, 2.24) is 4.72 Å². The van der Waals surface area contributed by atoms with Crippen molar-refractivity contribution < 1.29 is 21.0 Å². The Hall–Kier alpha value is -3.72. The van der Waals surface area contributed by atoms with Crippen LogP contribution in [0.2, 0.25) is 0 Å². The predicted octanol–water partition coefficient (Wildman–Crippen LogP) is 5.55. The summed E-state index contributed by atoms with van der Waals surface area (Å²) in [6.07, 6.45) is 0. The average molecular weight is 518 g/mol. The van der Waals surface area contributed by atoms with Crippen molar-refractivity contribution in [2.45, 2.75) is 23.3 Å². The van der Waals surface area contributed by atoms with Gasteiger partial charge in [0.05, 0.1) is 4.90 Å². The maximum absolute atomic E-state index is 13.3. The molecule has 0 atom stereocenters. The van der Waals surface area contributed by atoms with Gasteiger partial charge in [-0.25, -0.2) is 13.1 Å². The van der Waals surface area contributed by atoms with Crippen LogP contribution in [0.25, 0.3) is 21.5 Å². The zero-order valence-electron chi connectivity index (χ0n) is 19.4. The van der Waals surface area contributed by atoms with Gasteiger partial charge in [-0.05, 0) is 47.5 Å². The van der Waals surface area contributed by atoms with Crippen molar-refractivity contribution in [2.75, 3.05) is 0 Å². The molecule has 0 spiro atoms. The zero-order chi connectivity index (χ0) is 25.3. The van der Waals surface area contributed by atoms with Crippen molar-refractivity contribution in [3.05, 3.63) is 114 Å². The van der Waals surface area contributed by atoms with Crippen molar-refractivity contribution in [2.24, 2.45) is 0 Å². The van der Waals surface area contributed by atoms with Gasteiger partial charge in [-0.3, -0.25) is 0 Å². The summed E-state index contributed by atoms with van der Waals surface area (Å²) >= 11 is 0. The van der Waals surface area contributed by atoms with Crippen molar-refractivity contribution in [1.29, 1.82) is 0 Å². The molecule has 6 nitrogen and oxygen atoms in total. The van der Waals surface area contributed by atoms with Crippen LogP contribution in [0.15, 0.2) is 113 Å². The molecule has 0 aliphatic heterocycles. The van der Waals surface area contributed by atoms with Crippen LogP contribution in [0.4, 0.5) is 0 Å². The topological polar surface area (TPSA) is 89.5 Å². The van der Waals surface area contributed by atoms with Crippen LogP contribution >= 0.6 is 0 Å². The van der Waals surface area contributed by atoms with Gasteiger partial charge >= 0.3 is 10.1 Å². The highest BCUT2D eigenvalue weighted by molar-refractivity contribution is 7.89. The van der Waals surface area contributed by atoms with E-state index in [1.54, 1.807) is 36.4 Å². The molecule has 5 rings (SSSR count).